The van der Waals surface area contributed by atoms with Crippen LogP contribution in [0.1, 0.15) is 53.9 Å². The summed E-state index contributed by atoms with van der Waals surface area (Å²) in [5, 5.41) is 6.57. The highest BCUT2D eigenvalue weighted by molar-refractivity contribution is 6.75. The molecule has 21 heavy (non-hydrogen) atoms. The van der Waals surface area contributed by atoms with Gasteiger partial charge in [0.2, 0.25) is 0 Å². The third-order valence-electron chi connectivity index (χ3n) is 2.97. The lowest BCUT2D eigenvalue weighted by Gasteiger charge is -2.29. The van der Waals surface area contributed by atoms with Crippen LogP contribution < -0.4 is 0 Å². The minimum Gasteiger partial charge on any atom is -0.501 e. The van der Waals surface area contributed by atoms with Crippen molar-refractivity contribution in [3.8, 4) is 0 Å². The number of rotatable bonds is 8. The van der Waals surface area contributed by atoms with Crippen LogP contribution in [0.25, 0.3) is 0 Å². The maximum atomic E-state index is 11.8. The Bertz CT molecular complexity index is 342. The number of hydrogen-bond acceptors (Lipinski definition) is 4. The zero-order valence-corrected chi connectivity index (χ0v) is 14.8. The van der Waals surface area contributed by atoms with Crippen LogP contribution in [0.2, 0.25) is 18.1 Å². The SMILES string of the molecule is CCC[Si](CCC)(CCC)OC(=O)/N=N/C(=O)OC(C)C. The first-order chi connectivity index (χ1) is 9.89. The van der Waals surface area contributed by atoms with Crippen molar-refractivity contribution in [1.29, 1.82) is 0 Å². The predicted octanol–water partition coefficient (Wildman–Crippen LogP) is 5.30. The molecule has 122 valence electrons. The van der Waals surface area contributed by atoms with Crippen LogP contribution in [-0.2, 0) is 9.16 Å². The maximum absolute atomic E-state index is 11.8. The molecule has 0 aliphatic heterocycles. The molecule has 0 bridgehead atoms. The molecule has 0 saturated heterocycles. The molecule has 0 spiro atoms. The summed E-state index contributed by atoms with van der Waals surface area (Å²) in [4.78, 5) is 23.0. The van der Waals surface area contributed by atoms with Gasteiger partial charge >= 0.3 is 12.2 Å². The smallest absolute Gasteiger partial charge is 0.452 e. The number of nitrogens with zero attached hydrogens (tertiary/aromatic N) is 2. The number of azo groups is 1. The molecule has 0 fully saturated rings. The molecule has 0 aromatic heterocycles. The fourth-order valence-corrected chi connectivity index (χ4v) is 6.61. The average Bonchev–Trinajstić information content (AvgIpc) is 2.36. The number of hydrogen-bond donors (Lipinski definition) is 0. The summed E-state index contributed by atoms with van der Waals surface area (Å²) in [6, 6.07) is 2.77. The van der Waals surface area contributed by atoms with Crippen LogP contribution in [0, 0.1) is 0 Å². The summed E-state index contributed by atoms with van der Waals surface area (Å²) >= 11 is 0. The van der Waals surface area contributed by atoms with Crippen molar-refractivity contribution in [2.45, 2.75) is 78.1 Å². The van der Waals surface area contributed by atoms with E-state index in [2.05, 4.69) is 31.0 Å². The van der Waals surface area contributed by atoms with Gasteiger partial charge in [-0.25, -0.2) is 9.59 Å². The fourth-order valence-electron chi connectivity index (χ4n) is 2.41. The van der Waals surface area contributed by atoms with Gasteiger partial charge in [0.15, 0.2) is 0 Å². The first kappa shape index (κ1) is 19.8. The van der Waals surface area contributed by atoms with E-state index in [9.17, 15) is 9.59 Å². The summed E-state index contributed by atoms with van der Waals surface area (Å²) in [7, 11) is -2.12. The van der Waals surface area contributed by atoms with Crippen molar-refractivity contribution in [1.82, 2.24) is 0 Å². The number of amides is 2. The van der Waals surface area contributed by atoms with Gasteiger partial charge < -0.3 is 9.16 Å². The van der Waals surface area contributed by atoms with E-state index >= 15 is 0 Å². The zero-order valence-electron chi connectivity index (χ0n) is 13.8. The highest BCUT2D eigenvalue weighted by Gasteiger charge is 2.36. The Labute approximate surface area is 128 Å². The monoisotopic (exact) mass is 316 g/mol. The number of ether oxygens (including phenoxy) is 1. The molecule has 6 nitrogen and oxygen atoms in total. The summed E-state index contributed by atoms with van der Waals surface area (Å²) in [5.74, 6) is 0. The van der Waals surface area contributed by atoms with E-state index in [1.807, 2.05) is 0 Å². The Morgan fingerprint density at radius 1 is 0.905 bits per heavy atom. The van der Waals surface area contributed by atoms with E-state index in [0.29, 0.717) is 0 Å². The molecule has 0 N–H and O–H groups in total. The first-order valence-electron chi connectivity index (χ1n) is 7.74. The predicted molar refractivity (Wildman–Crippen MR) is 84.0 cm³/mol. The molecule has 0 atom stereocenters. The van der Waals surface area contributed by atoms with Crippen molar-refractivity contribution in [2.75, 3.05) is 0 Å². The third kappa shape index (κ3) is 8.59. The highest BCUT2D eigenvalue weighted by Crippen LogP contribution is 2.28. The molecule has 7 heteroatoms. The van der Waals surface area contributed by atoms with E-state index < -0.39 is 20.5 Å². The summed E-state index contributed by atoms with van der Waals surface area (Å²) in [6.45, 7) is 9.66. The Kier molecular flexibility index (Phi) is 9.86. The second-order valence-electron chi connectivity index (χ2n) is 5.43. The van der Waals surface area contributed by atoms with Crippen LogP contribution in [0.3, 0.4) is 0 Å². The highest BCUT2D eigenvalue weighted by atomic mass is 28.4. The van der Waals surface area contributed by atoms with E-state index in [0.717, 1.165) is 37.4 Å². The molecule has 0 aliphatic rings. The molecule has 0 aromatic carbocycles. The average molecular weight is 316 g/mol. The normalized spacial score (nSPS) is 11.9. The fraction of sp³-hybridized carbons (Fsp3) is 0.857. The molecule has 0 radical (unpaired) electrons. The van der Waals surface area contributed by atoms with Crippen molar-refractivity contribution in [3.63, 3.8) is 0 Å². The quantitative estimate of drug-likeness (QED) is 0.450. The second-order valence-corrected chi connectivity index (χ2v) is 9.50. The summed E-state index contributed by atoms with van der Waals surface area (Å²) < 4.78 is 10.4. The third-order valence-corrected chi connectivity index (χ3v) is 7.81. The number of carbonyl (C=O) groups excluding carboxylic acids is 2. The topological polar surface area (TPSA) is 77.3 Å². The van der Waals surface area contributed by atoms with E-state index in [1.165, 1.54) is 0 Å². The van der Waals surface area contributed by atoms with Gasteiger partial charge in [0.05, 0.1) is 6.10 Å². The van der Waals surface area contributed by atoms with Crippen LogP contribution in [0.5, 0.6) is 0 Å². The molecule has 0 unspecified atom stereocenters. The standard InChI is InChI=1S/C14H28N2O4Si/c1-6-9-21(10-7-2,11-8-3)20-14(18)16-15-13(17)19-12(4)5/h12H,6-11H2,1-5H3/b16-15+. The van der Waals surface area contributed by atoms with Crippen LogP contribution in [0.15, 0.2) is 10.2 Å². The van der Waals surface area contributed by atoms with E-state index in [-0.39, 0.29) is 6.10 Å². The largest absolute Gasteiger partial charge is 0.501 e. The lowest BCUT2D eigenvalue weighted by atomic mass is 10.5. The molecular formula is C14H28N2O4Si. The Morgan fingerprint density at radius 2 is 1.33 bits per heavy atom. The van der Waals surface area contributed by atoms with Crippen LogP contribution >= 0.6 is 0 Å². The first-order valence-corrected chi connectivity index (χ1v) is 10.3. The second kappa shape index (κ2) is 10.5. The zero-order chi connectivity index (χ0) is 16.3. The minimum atomic E-state index is -2.12. The molecule has 0 rings (SSSR count). The Morgan fingerprint density at radius 3 is 1.71 bits per heavy atom. The van der Waals surface area contributed by atoms with Crippen molar-refractivity contribution < 1.29 is 18.8 Å². The molecule has 2 amide bonds. The maximum Gasteiger partial charge on any atom is 0.452 e. The summed E-state index contributed by atoms with van der Waals surface area (Å²) in [5.41, 5.74) is 0. The van der Waals surface area contributed by atoms with Crippen molar-refractivity contribution in [3.05, 3.63) is 0 Å². The summed E-state index contributed by atoms with van der Waals surface area (Å²) in [6.07, 6.45) is 1.01. The molecule has 0 aromatic rings. The lowest BCUT2D eigenvalue weighted by molar-refractivity contribution is 0.123. The van der Waals surface area contributed by atoms with Crippen LogP contribution in [0.4, 0.5) is 9.59 Å². The van der Waals surface area contributed by atoms with Gasteiger partial charge in [0.25, 0.3) is 8.32 Å². The Balaban J connectivity index is 4.71. The van der Waals surface area contributed by atoms with Crippen molar-refractivity contribution in [2.24, 2.45) is 10.2 Å². The Hall–Kier alpha value is -1.24. The van der Waals surface area contributed by atoms with Gasteiger partial charge in [0.1, 0.15) is 0 Å². The van der Waals surface area contributed by atoms with E-state index in [1.54, 1.807) is 13.8 Å². The number of carbonyl (C=O) groups is 2. The molecule has 0 heterocycles. The van der Waals surface area contributed by atoms with Gasteiger partial charge in [-0.2, -0.15) is 0 Å². The van der Waals surface area contributed by atoms with E-state index in [4.69, 9.17) is 9.16 Å². The van der Waals surface area contributed by atoms with Gasteiger partial charge in [-0.15, -0.1) is 0 Å². The van der Waals surface area contributed by atoms with Crippen molar-refractivity contribution >= 4 is 20.5 Å². The van der Waals surface area contributed by atoms with Gasteiger partial charge in [0, 0.05) is 0 Å². The van der Waals surface area contributed by atoms with Gasteiger partial charge in [-0.3, -0.25) is 0 Å². The molecular weight excluding hydrogens is 288 g/mol. The van der Waals surface area contributed by atoms with Gasteiger partial charge in [-0.05, 0) is 32.0 Å². The molecule has 0 saturated carbocycles. The minimum absolute atomic E-state index is 0.291. The van der Waals surface area contributed by atoms with Gasteiger partial charge in [-0.1, -0.05) is 50.3 Å². The molecule has 0 aliphatic carbocycles. The van der Waals surface area contributed by atoms with Crippen LogP contribution in [-0.4, -0.2) is 26.6 Å². The lowest BCUT2D eigenvalue weighted by Crippen LogP contribution is -2.39.